The predicted octanol–water partition coefficient (Wildman–Crippen LogP) is 5.97. The third kappa shape index (κ3) is 9.88. The van der Waals surface area contributed by atoms with E-state index in [9.17, 15) is 5.11 Å². The molecule has 0 radical (unpaired) electrons. The molecular formula is C18H34OS. The molecule has 1 unspecified atom stereocenters. The van der Waals surface area contributed by atoms with Crippen molar-refractivity contribution in [1.82, 2.24) is 0 Å². The van der Waals surface area contributed by atoms with E-state index in [1.165, 1.54) is 83.5 Å². The van der Waals surface area contributed by atoms with Crippen molar-refractivity contribution < 1.29 is 5.11 Å². The molecule has 118 valence electrons. The van der Waals surface area contributed by atoms with E-state index in [4.69, 9.17) is 12.2 Å². The minimum absolute atomic E-state index is 0.316. The fourth-order valence-electron chi connectivity index (χ4n) is 3.09. The van der Waals surface area contributed by atoms with Gasteiger partial charge < -0.3 is 5.11 Å². The number of hydrogen-bond acceptors (Lipinski definition) is 2. The molecule has 0 bridgehead atoms. The second-order valence-electron chi connectivity index (χ2n) is 6.47. The second-order valence-corrected chi connectivity index (χ2v) is 6.99. The molecule has 2 heteroatoms. The molecular weight excluding hydrogens is 264 g/mol. The summed E-state index contributed by atoms with van der Waals surface area (Å²) in [7, 11) is 0. The smallest absolute Gasteiger partial charge is 0.0852 e. The summed E-state index contributed by atoms with van der Waals surface area (Å²) in [6.07, 6.45) is 20.4. The van der Waals surface area contributed by atoms with E-state index >= 15 is 0 Å². The zero-order valence-electron chi connectivity index (χ0n) is 13.2. The van der Waals surface area contributed by atoms with Crippen molar-refractivity contribution in [1.29, 1.82) is 0 Å². The molecule has 0 amide bonds. The highest BCUT2D eigenvalue weighted by Gasteiger charge is 2.10. The summed E-state index contributed by atoms with van der Waals surface area (Å²) < 4.78 is 0. The summed E-state index contributed by atoms with van der Waals surface area (Å²) in [5, 5.41) is 10.0. The Morgan fingerprint density at radius 3 is 1.40 bits per heavy atom. The summed E-state index contributed by atoms with van der Waals surface area (Å²) in [5.41, 5.74) is 0. The van der Waals surface area contributed by atoms with Gasteiger partial charge in [0.1, 0.15) is 0 Å². The normalized spacial score (nSPS) is 26.6. The first-order valence-corrected chi connectivity index (χ1v) is 9.42. The first-order valence-electron chi connectivity index (χ1n) is 9.01. The lowest BCUT2D eigenvalue weighted by molar-refractivity contribution is 0.226. The van der Waals surface area contributed by atoms with Gasteiger partial charge in [-0.3, -0.25) is 0 Å². The van der Waals surface area contributed by atoms with Gasteiger partial charge in [0, 0.05) is 4.86 Å². The van der Waals surface area contributed by atoms with Crippen molar-refractivity contribution in [2.75, 3.05) is 0 Å². The van der Waals surface area contributed by atoms with Crippen LogP contribution in [0.3, 0.4) is 0 Å². The summed E-state index contributed by atoms with van der Waals surface area (Å²) in [6, 6.07) is 0. The Kier molecular flexibility index (Phi) is 11.6. The molecule has 0 aromatic heterocycles. The standard InChI is InChI=1S/C18H34OS/c19-17-15-13-11-9-7-5-3-1-2-4-6-8-10-12-14-16-18(17)20/h17,19H,1-16H2. The highest BCUT2D eigenvalue weighted by Crippen LogP contribution is 2.16. The first kappa shape index (κ1) is 18.1. The lowest BCUT2D eigenvalue weighted by Gasteiger charge is -2.12. The van der Waals surface area contributed by atoms with Gasteiger partial charge in [-0.05, 0) is 19.3 Å². The van der Waals surface area contributed by atoms with E-state index in [1.807, 2.05) is 0 Å². The largest absolute Gasteiger partial charge is 0.388 e. The number of aliphatic hydroxyl groups excluding tert-OH is 1. The van der Waals surface area contributed by atoms with E-state index in [2.05, 4.69) is 0 Å². The maximum atomic E-state index is 10.0. The average Bonchev–Trinajstić information content (AvgIpc) is 2.45. The molecule has 0 aliphatic heterocycles. The predicted molar refractivity (Wildman–Crippen MR) is 92.5 cm³/mol. The highest BCUT2D eigenvalue weighted by atomic mass is 32.1. The van der Waals surface area contributed by atoms with Crippen LogP contribution in [-0.2, 0) is 0 Å². The lowest BCUT2D eigenvalue weighted by atomic mass is 10.00. The summed E-state index contributed by atoms with van der Waals surface area (Å²) in [4.78, 5) is 0.908. The van der Waals surface area contributed by atoms with Crippen LogP contribution >= 0.6 is 12.2 Å². The Balaban J connectivity index is 2.20. The van der Waals surface area contributed by atoms with Gasteiger partial charge in [0.15, 0.2) is 0 Å². The van der Waals surface area contributed by atoms with Crippen LogP contribution in [0.25, 0.3) is 0 Å². The Morgan fingerprint density at radius 2 is 0.950 bits per heavy atom. The van der Waals surface area contributed by atoms with E-state index in [1.54, 1.807) is 0 Å². The quantitative estimate of drug-likeness (QED) is 0.556. The van der Waals surface area contributed by atoms with Gasteiger partial charge in [-0.2, -0.15) is 0 Å². The van der Waals surface area contributed by atoms with Crippen molar-refractivity contribution >= 4 is 17.1 Å². The van der Waals surface area contributed by atoms with Crippen LogP contribution < -0.4 is 0 Å². The van der Waals surface area contributed by atoms with Crippen LogP contribution in [0.1, 0.15) is 103 Å². The van der Waals surface area contributed by atoms with Crippen LogP contribution in [0.2, 0.25) is 0 Å². The Hall–Kier alpha value is 0.0500. The lowest BCUT2D eigenvalue weighted by Crippen LogP contribution is -2.18. The third-order valence-electron chi connectivity index (χ3n) is 4.52. The average molecular weight is 299 g/mol. The van der Waals surface area contributed by atoms with Crippen LogP contribution in [-0.4, -0.2) is 16.1 Å². The Morgan fingerprint density at radius 1 is 0.600 bits per heavy atom. The number of hydrogen-bond donors (Lipinski definition) is 1. The molecule has 20 heavy (non-hydrogen) atoms. The van der Waals surface area contributed by atoms with Crippen molar-refractivity contribution in [2.24, 2.45) is 0 Å². The molecule has 0 aromatic rings. The van der Waals surface area contributed by atoms with Gasteiger partial charge in [0.2, 0.25) is 0 Å². The number of aliphatic hydroxyl groups is 1. The zero-order valence-corrected chi connectivity index (χ0v) is 14.1. The molecule has 1 aliphatic carbocycles. The number of thiocarbonyl (C=S) groups is 1. The van der Waals surface area contributed by atoms with E-state index in [-0.39, 0.29) is 6.10 Å². The summed E-state index contributed by atoms with van der Waals surface area (Å²) >= 11 is 5.36. The fourth-order valence-corrected chi connectivity index (χ4v) is 3.35. The molecule has 1 rings (SSSR count). The molecule has 0 saturated heterocycles. The molecule has 1 fully saturated rings. The van der Waals surface area contributed by atoms with Crippen molar-refractivity contribution in [3.63, 3.8) is 0 Å². The second kappa shape index (κ2) is 12.8. The van der Waals surface area contributed by atoms with Crippen LogP contribution in [0.4, 0.5) is 0 Å². The Bertz CT molecular complexity index is 240. The summed E-state index contributed by atoms with van der Waals surface area (Å²) in [6.45, 7) is 0. The van der Waals surface area contributed by atoms with Crippen LogP contribution in [0, 0.1) is 0 Å². The molecule has 0 spiro atoms. The van der Waals surface area contributed by atoms with Crippen molar-refractivity contribution in [3.05, 3.63) is 0 Å². The maximum absolute atomic E-state index is 10.0. The van der Waals surface area contributed by atoms with Crippen molar-refractivity contribution in [3.8, 4) is 0 Å². The van der Waals surface area contributed by atoms with Crippen molar-refractivity contribution in [2.45, 2.75) is 109 Å². The molecule has 1 nitrogen and oxygen atoms in total. The van der Waals surface area contributed by atoms with Gasteiger partial charge in [0.05, 0.1) is 6.10 Å². The zero-order chi connectivity index (χ0) is 14.5. The molecule has 0 heterocycles. The highest BCUT2D eigenvalue weighted by molar-refractivity contribution is 7.80. The summed E-state index contributed by atoms with van der Waals surface area (Å²) in [5.74, 6) is 0. The molecule has 1 N–H and O–H groups in total. The van der Waals surface area contributed by atoms with Gasteiger partial charge in [-0.25, -0.2) is 0 Å². The first-order chi connectivity index (χ1) is 9.80. The van der Waals surface area contributed by atoms with E-state index < -0.39 is 0 Å². The molecule has 1 saturated carbocycles. The molecule has 1 atom stereocenters. The third-order valence-corrected chi connectivity index (χ3v) is 5.00. The molecule has 1 aliphatic rings. The maximum Gasteiger partial charge on any atom is 0.0852 e. The van der Waals surface area contributed by atoms with Crippen LogP contribution in [0.15, 0.2) is 0 Å². The van der Waals surface area contributed by atoms with Gasteiger partial charge in [0.25, 0.3) is 0 Å². The van der Waals surface area contributed by atoms with Gasteiger partial charge >= 0.3 is 0 Å². The molecule has 0 aromatic carbocycles. The minimum Gasteiger partial charge on any atom is -0.388 e. The minimum atomic E-state index is -0.316. The van der Waals surface area contributed by atoms with Gasteiger partial charge in [-0.15, -0.1) is 0 Å². The van der Waals surface area contributed by atoms with Gasteiger partial charge in [-0.1, -0.05) is 95.7 Å². The fraction of sp³-hybridized carbons (Fsp3) is 0.944. The van der Waals surface area contributed by atoms with E-state index in [0.29, 0.717) is 0 Å². The van der Waals surface area contributed by atoms with Crippen LogP contribution in [0.5, 0.6) is 0 Å². The Labute approximate surface area is 131 Å². The number of rotatable bonds is 0. The SMILES string of the molecule is OC1CCCCCCCCCCCCCCCCC1=S. The monoisotopic (exact) mass is 298 g/mol. The van der Waals surface area contributed by atoms with E-state index in [0.717, 1.165) is 24.1 Å². The topological polar surface area (TPSA) is 20.2 Å².